The Morgan fingerprint density at radius 2 is 2.07 bits per heavy atom. The smallest absolute Gasteiger partial charge is 0.222 e. The zero-order chi connectivity index (χ0) is 19.5. The third-order valence-corrected chi connectivity index (χ3v) is 5.43. The highest BCUT2D eigenvalue weighted by Gasteiger charge is 2.25. The normalized spacial score (nSPS) is 14.1. The van der Waals surface area contributed by atoms with Crippen LogP contribution in [-0.2, 0) is 13.0 Å². The van der Waals surface area contributed by atoms with Crippen molar-refractivity contribution in [2.45, 2.75) is 37.8 Å². The van der Waals surface area contributed by atoms with Gasteiger partial charge in [-0.05, 0) is 50.1 Å². The van der Waals surface area contributed by atoms with Crippen LogP contribution in [0.1, 0.15) is 25.1 Å². The minimum Gasteiger partial charge on any atom is -0.475 e. The summed E-state index contributed by atoms with van der Waals surface area (Å²) in [6.07, 6.45) is 6.20. The topological polar surface area (TPSA) is 64.0 Å². The quantitative estimate of drug-likeness (QED) is 0.452. The van der Waals surface area contributed by atoms with E-state index in [0.717, 1.165) is 41.2 Å². The monoisotopic (exact) mass is 413 g/mol. The van der Waals surface area contributed by atoms with Crippen LogP contribution in [0.2, 0.25) is 5.15 Å². The van der Waals surface area contributed by atoms with Gasteiger partial charge in [-0.2, -0.15) is 4.98 Å². The van der Waals surface area contributed by atoms with E-state index in [1.54, 1.807) is 30.4 Å². The molecule has 0 atom stereocenters. The highest BCUT2D eigenvalue weighted by atomic mass is 35.5. The molecule has 28 heavy (non-hydrogen) atoms. The number of nitrogens with zero attached hydrogens (tertiary/aromatic N) is 5. The van der Waals surface area contributed by atoms with E-state index in [2.05, 4.69) is 20.3 Å². The van der Waals surface area contributed by atoms with Crippen molar-refractivity contribution < 1.29 is 4.74 Å². The predicted octanol–water partition coefficient (Wildman–Crippen LogP) is 4.44. The van der Waals surface area contributed by atoms with E-state index in [-0.39, 0.29) is 6.10 Å². The Kier molecular flexibility index (Phi) is 5.75. The van der Waals surface area contributed by atoms with Crippen molar-refractivity contribution in [3.05, 3.63) is 59.3 Å². The molecule has 6 nitrogen and oxygen atoms in total. The number of halogens is 1. The zero-order valence-electron chi connectivity index (χ0n) is 15.7. The molecule has 0 saturated heterocycles. The summed E-state index contributed by atoms with van der Waals surface area (Å²) in [6.45, 7) is 5.62. The van der Waals surface area contributed by atoms with E-state index in [1.165, 1.54) is 0 Å². The van der Waals surface area contributed by atoms with Crippen molar-refractivity contribution in [3.63, 3.8) is 0 Å². The first-order valence-corrected chi connectivity index (χ1v) is 10.2. The maximum atomic E-state index is 6.05. The molecule has 1 aliphatic rings. The second-order valence-electron chi connectivity index (χ2n) is 6.71. The minimum absolute atomic E-state index is 0.0246. The Bertz CT molecular complexity index is 953. The third-order valence-electron chi connectivity index (χ3n) is 4.19. The van der Waals surface area contributed by atoms with Crippen LogP contribution >= 0.6 is 23.5 Å². The van der Waals surface area contributed by atoms with Gasteiger partial charge in [0.2, 0.25) is 5.88 Å². The van der Waals surface area contributed by atoms with Gasteiger partial charge in [-0.1, -0.05) is 11.6 Å². The number of ether oxygens (including phenoxy) is 1. The maximum absolute atomic E-state index is 6.05. The molecule has 8 heteroatoms. The lowest BCUT2D eigenvalue weighted by atomic mass is 10.1. The second kappa shape index (κ2) is 8.43. The molecule has 0 saturated carbocycles. The predicted molar refractivity (Wildman–Crippen MR) is 110 cm³/mol. The first kappa shape index (κ1) is 19.1. The molecule has 0 aromatic carbocycles. The largest absolute Gasteiger partial charge is 0.475 e. The van der Waals surface area contributed by atoms with Crippen LogP contribution in [-0.4, -0.2) is 36.9 Å². The summed E-state index contributed by atoms with van der Waals surface area (Å²) in [6, 6.07) is 7.63. The van der Waals surface area contributed by atoms with E-state index < -0.39 is 0 Å². The molecule has 144 valence electrons. The highest BCUT2D eigenvalue weighted by molar-refractivity contribution is 7.97. The Morgan fingerprint density at radius 1 is 1.18 bits per heavy atom. The molecule has 3 aromatic heterocycles. The van der Waals surface area contributed by atoms with Crippen molar-refractivity contribution in [3.8, 4) is 17.3 Å². The van der Waals surface area contributed by atoms with E-state index in [1.807, 2.05) is 32.2 Å². The van der Waals surface area contributed by atoms with Gasteiger partial charge < -0.3 is 4.74 Å². The summed E-state index contributed by atoms with van der Waals surface area (Å²) in [5.41, 5.74) is 2.90. The average Bonchev–Trinajstić information content (AvgIpc) is 2.69. The number of hydrogen-bond donors (Lipinski definition) is 0. The van der Waals surface area contributed by atoms with Crippen molar-refractivity contribution in [2.75, 3.05) is 6.54 Å². The highest BCUT2D eigenvalue weighted by Crippen LogP contribution is 2.33. The summed E-state index contributed by atoms with van der Waals surface area (Å²) in [5, 5.41) is 0.448. The van der Waals surface area contributed by atoms with Crippen LogP contribution in [0.5, 0.6) is 5.88 Å². The van der Waals surface area contributed by atoms with Gasteiger partial charge in [-0.15, -0.1) is 0 Å². The molecule has 0 N–H and O–H groups in total. The third kappa shape index (κ3) is 4.43. The van der Waals surface area contributed by atoms with E-state index in [9.17, 15) is 0 Å². The molecule has 4 rings (SSSR count). The summed E-state index contributed by atoms with van der Waals surface area (Å²) in [5.74, 6) is 1.26. The van der Waals surface area contributed by atoms with Gasteiger partial charge in [-0.25, -0.2) is 14.3 Å². The van der Waals surface area contributed by atoms with Crippen molar-refractivity contribution >= 4 is 23.5 Å². The van der Waals surface area contributed by atoms with Crippen molar-refractivity contribution in [1.29, 1.82) is 0 Å². The van der Waals surface area contributed by atoms with Crippen LogP contribution in [0.25, 0.3) is 11.4 Å². The summed E-state index contributed by atoms with van der Waals surface area (Å²) in [4.78, 5) is 19.0. The number of hydrogen-bond acceptors (Lipinski definition) is 7. The van der Waals surface area contributed by atoms with E-state index in [0.29, 0.717) is 16.9 Å². The lowest BCUT2D eigenvalue weighted by Crippen LogP contribution is -2.27. The molecule has 0 radical (unpaired) electrons. The summed E-state index contributed by atoms with van der Waals surface area (Å²) >= 11 is 7.60. The SMILES string of the molecule is CC(C)Oc1nc(-c2ccc(Cl)nc2)nc2c1CN(Sc1cccnc1)CC2. The first-order valence-electron chi connectivity index (χ1n) is 9.10. The van der Waals surface area contributed by atoms with Crippen molar-refractivity contribution in [2.24, 2.45) is 0 Å². The molecular formula is C20H20ClN5OS. The molecule has 0 spiro atoms. The van der Waals surface area contributed by atoms with Gasteiger partial charge in [0, 0.05) is 48.6 Å². The molecular weight excluding hydrogens is 394 g/mol. The Morgan fingerprint density at radius 3 is 2.79 bits per heavy atom. The Labute approximate surface area is 173 Å². The zero-order valence-corrected chi connectivity index (χ0v) is 17.2. The fraction of sp³-hybridized carbons (Fsp3) is 0.300. The Balaban J connectivity index is 1.65. The first-order chi connectivity index (χ1) is 13.6. The van der Waals surface area contributed by atoms with Gasteiger partial charge in [0.15, 0.2) is 5.82 Å². The molecule has 3 aromatic rings. The van der Waals surface area contributed by atoms with Gasteiger partial charge in [0.1, 0.15) is 5.15 Å². The summed E-state index contributed by atoms with van der Waals surface area (Å²) in [7, 11) is 0. The lowest BCUT2D eigenvalue weighted by molar-refractivity contribution is 0.226. The molecule has 4 heterocycles. The van der Waals surface area contributed by atoms with E-state index >= 15 is 0 Å². The number of fused-ring (bicyclic) bond motifs is 1. The van der Waals surface area contributed by atoms with Crippen LogP contribution in [0.3, 0.4) is 0 Å². The van der Waals surface area contributed by atoms with Gasteiger partial charge in [0.05, 0.1) is 17.4 Å². The average molecular weight is 414 g/mol. The van der Waals surface area contributed by atoms with Gasteiger partial charge >= 0.3 is 0 Å². The molecule has 0 amide bonds. The Hall–Kier alpha value is -2.22. The fourth-order valence-electron chi connectivity index (χ4n) is 2.95. The second-order valence-corrected chi connectivity index (χ2v) is 8.26. The van der Waals surface area contributed by atoms with E-state index in [4.69, 9.17) is 26.3 Å². The summed E-state index contributed by atoms with van der Waals surface area (Å²) < 4.78 is 8.34. The molecule has 0 fully saturated rings. The molecule has 0 bridgehead atoms. The van der Waals surface area contributed by atoms with Gasteiger partial charge in [0.25, 0.3) is 0 Å². The lowest BCUT2D eigenvalue weighted by Gasteiger charge is -2.28. The molecule has 1 aliphatic heterocycles. The number of rotatable bonds is 5. The molecule has 0 aliphatic carbocycles. The number of pyridine rings is 2. The standard InChI is InChI=1S/C20H20ClN5OS/c1-13(2)27-20-16-12-26(28-15-4-3-8-22-11-15)9-7-17(16)24-19(25-20)14-5-6-18(21)23-10-14/h3-6,8,10-11,13H,7,9,12H2,1-2H3. The van der Waals surface area contributed by atoms with Crippen LogP contribution in [0, 0.1) is 0 Å². The van der Waals surface area contributed by atoms with Gasteiger partial charge in [-0.3, -0.25) is 4.98 Å². The number of aromatic nitrogens is 4. The maximum Gasteiger partial charge on any atom is 0.222 e. The van der Waals surface area contributed by atoms with Crippen LogP contribution in [0.15, 0.2) is 47.8 Å². The van der Waals surface area contributed by atoms with Crippen molar-refractivity contribution in [1.82, 2.24) is 24.2 Å². The molecule has 0 unspecified atom stereocenters. The fourth-order valence-corrected chi connectivity index (χ4v) is 3.98. The van der Waals surface area contributed by atoms with Crippen LogP contribution in [0.4, 0.5) is 0 Å². The van der Waals surface area contributed by atoms with Crippen LogP contribution < -0.4 is 4.74 Å². The minimum atomic E-state index is 0.0246.